The van der Waals surface area contributed by atoms with Crippen LogP contribution in [0, 0.1) is 0 Å². The second-order valence-corrected chi connectivity index (χ2v) is 6.87. The molecule has 0 aromatic heterocycles. The smallest absolute Gasteiger partial charge is 0.217 e. The summed E-state index contributed by atoms with van der Waals surface area (Å²) in [5, 5.41) is 62.2. The van der Waals surface area contributed by atoms with Crippen molar-refractivity contribution in [2.75, 3.05) is 20.3 Å². The van der Waals surface area contributed by atoms with Crippen LogP contribution in [0.3, 0.4) is 0 Å². The van der Waals surface area contributed by atoms with Gasteiger partial charge in [0, 0.05) is 20.5 Å². The molecule has 2 fully saturated rings. The number of carbonyl (C=O) groups excluding carboxylic acids is 1. The van der Waals surface area contributed by atoms with E-state index in [1.54, 1.807) is 0 Å². The third-order valence-electron chi connectivity index (χ3n) is 4.81. The molecule has 2 heterocycles. The van der Waals surface area contributed by atoms with E-state index < -0.39 is 80.5 Å². The van der Waals surface area contributed by atoms with Gasteiger partial charge in [-0.1, -0.05) is 0 Å². The number of ether oxygens (including phenoxy) is 4. The highest BCUT2D eigenvalue weighted by atomic mass is 16.7. The standard InChI is InChI=1S/C16H29NO11/c1-6(20)17-11-13(24)14(10(5-19)27-16(11)25-2)28-15-8(22)3-7(21)12(23)9(4-18)26-15/h7-16,18-19,21-24H,3-5H2,1-2H3,(H,17,20)/t7?,8?,9?,10?,11?,12-,13?,14-,15+,16-/m1/s1. The third kappa shape index (κ3) is 5.16. The Labute approximate surface area is 161 Å². The molecule has 0 radical (unpaired) electrons. The lowest BCUT2D eigenvalue weighted by molar-refractivity contribution is -0.316. The van der Waals surface area contributed by atoms with Crippen molar-refractivity contribution in [3.05, 3.63) is 0 Å². The molecule has 0 aliphatic carbocycles. The Morgan fingerprint density at radius 1 is 1.00 bits per heavy atom. The Morgan fingerprint density at radius 2 is 1.61 bits per heavy atom. The molecule has 7 N–H and O–H groups in total. The normalized spacial score (nSPS) is 44.7. The van der Waals surface area contributed by atoms with E-state index in [1.807, 2.05) is 0 Å². The van der Waals surface area contributed by atoms with Gasteiger partial charge < -0.3 is 54.9 Å². The van der Waals surface area contributed by atoms with Crippen LogP contribution in [0.2, 0.25) is 0 Å². The summed E-state index contributed by atoms with van der Waals surface area (Å²) in [5.74, 6) is -0.465. The fourth-order valence-corrected chi connectivity index (χ4v) is 3.34. The predicted octanol–water partition coefficient (Wildman–Crippen LogP) is -4.21. The molecule has 164 valence electrons. The molecule has 0 bridgehead atoms. The van der Waals surface area contributed by atoms with Gasteiger partial charge in [-0.25, -0.2) is 0 Å². The highest BCUT2D eigenvalue weighted by molar-refractivity contribution is 5.73. The van der Waals surface area contributed by atoms with E-state index in [4.69, 9.17) is 18.9 Å². The number of amides is 1. The highest BCUT2D eigenvalue weighted by Crippen LogP contribution is 2.28. The zero-order chi connectivity index (χ0) is 21.0. The lowest BCUT2D eigenvalue weighted by Crippen LogP contribution is -2.66. The maximum atomic E-state index is 11.4. The molecular weight excluding hydrogens is 382 g/mol. The lowest BCUT2D eigenvalue weighted by Gasteiger charge is -2.44. The second-order valence-electron chi connectivity index (χ2n) is 6.87. The summed E-state index contributed by atoms with van der Waals surface area (Å²) in [6, 6.07) is -1.04. The maximum Gasteiger partial charge on any atom is 0.217 e. The number of hydrogen-bond acceptors (Lipinski definition) is 11. The summed E-state index contributed by atoms with van der Waals surface area (Å²) in [6.07, 6.45) is -12.1. The van der Waals surface area contributed by atoms with Gasteiger partial charge in [-0.3, -0.25) is 4.79 Å². The van der Waals surface area contributed by atoms with E-state index in [0.29, 0.717) is 0 Å². The Balaban J connectivity index is 2.21. The quantitative estimate of drug-likeness (QED) is 0.224. The summed E-state index contributed by atoms with van der Waals surface area (Å²) in [5.41, 5.74) is 0. The minimum Gasteiger partial charge on any atom is -0.394 e. The fraction of sp³-hybridized carbons (Fsp3) is 0.938. The Kier molecular flexibility index (Phi) is 8.51. The number of hydrogen-bond donors (Lipinski definition) is 7. The first kappa shape index (κ1) is 23.3. The summed E-state index contributed by atoms with van der Waals surface area (Å²) < 4.78 is 21.6. The molecule has 0 spiro atoms. The van der Waals surface area contributed by atoms with Crippen LogP contribution in [0.25, 0.3) is 0 Å². The van der Waals surface area contributed by atoms with Crippen molar-refractivity contribution in [3.63, 3.8) is 0 Å². The molecule has 2 saturated heterocycles. The molecule has 0 saturated carbocycles. The molecule has 2 rings (SSSR count). The van der Waals surface area contributed by atoms with E-state index in [2.05, 4.69) is 5.32 Å². The van der Waals surface area contributed by atoms with E-state index in [0.717, 1.165) is 0 Å². The van der Waals surface area contributed by atoms with Gasteiger partial charge in [-0.15, -0.1) is 0 Å². The molecule has 2 aliphatic heterocycles. The van der Waals surface area contributed by atoms with Gasteiger partial charge in [0.05, 0.1) is 19.3 Å². The van der Waals surface area contributed by atoms with Crippen molar-refractivity contribution < 1.29 is 54.4 Å². The number of aliphatic hydroxyl groups is 6. The van der Waals surface area contributed by atoms with Crippen molar-refractivity contribution >= 4 is 5.91 Å². The van der Waals surface area contributed by atoms with E-state index in [-0.39, 0.29) is 6.42 Å². The summed E-state index contributed by atoms with van der Waals surface area (Å²) in [6.45, 7) is 0.00428. The topological polar surface area (TPSA) is 187 Å². The molecule has 0 aromatic rings. The molecule has 2 aliphatic rings. The Bertz CT molecular complexity index is 509. The molecule has 12 nitrogen and oxygen atoms in total. The van der Waals surface area contributed by atoms with Crippen molar-refractivity contribution in [2.24, 2.45) is 0 Å². The van der Waals surface area contributed by atoms with E-state index in [1.165, 1.54) is 14.0 Å². The summed E-state index contributed by atoms with van der Waals surface area (Å²) in [4.78, 5) is 11.4. The van der Waals surface area contributed by atoms with Crippen molar-refractivity contribution in [1.82, 2.24) is 5.32 Å². The molecule has 28 heavy (non-hydrogen) atoms. The van der Waals surface area contributed by atoms with Crippen LogP contribution in [0.4, 0.5) is 0 Å². The summed E-state index contributed by atoms with van der Waals surface area (Å²) in [7, 11) is 1.30. The second kappa shape index (κ2) is 10.2. The first-order valence-corrected chi connectivity index (χ1v) is 8.93. The van der Waals surface area contributed by atoms with Gasteiger partial charge in [0.2, 0.25) is 5.91 Å². The van der Waals surface area contributed by atoms with Gasteiger partial charge in [0.15, 0.2) is 12.6 Å². The number of methoxy groups -OCH3 is 1. The average molecular weight is 411 g/mol. The van der Waals surface area contributed by atoms with Crippen LogP contribution < -0.4 is 5.32 Å². The SMILES string of the molecule is CO[C@@H]1OC(CO)[C@@H](O[C@@H]2OC(CO)[C@H](O)C(O)CC2O)C(O)C1NC(C)=O. The van der Waals surface area contributed by atoms with Crippen LogP contribution in [0.1, 0.15) is 13.3 Å². The average Bonchev–Trinajstić information content (AvgIpc) is 2.75. The third-order valence-corrected chi connectivity index (χ3v) is 4.81. The molecule has 10 atom stereocenters. The summed E-state index contributed by atoms with van der Waals surface area (Å²) >= 11 is 0. The monoisotopic (exact) mass is 411 g/mol. The molecule has 0 aromatic carbocycles. The van der Waals surface area contributed by atoms with Crippen LogP contribution in [-0.4, -0.2) is 118 Å². The maximum absolute atomic E-state index is 11.4. The van der Waals surface area contributed by atoms with Crippen molar-refractivity contribution in [1.29, 1.82) is 0 Å². The molecule has 1 amide bonds. The number of aliphatic hydroxyl groups excluding tert-OH is 6. The van der Waals surface area contributed by atoms with Crippen molar-refractivity contribution in [2.45, 2.75) is 74.7 Å². The number of nitrogens with one attached hydrogen (secondary N) is 1. The highest BCUT2D eigenvalue weighted by Gasteiger charge is 2.49. The zero-order valence-electron chi connectivity index (χ0n) is 15.6. The lowest BCUT2D eigenvalue weighted by atomic mass is 9.96. The first-order valence-electron chi connectivity index (χ1n) is 8.93. The molecule has 12 heteroatoms. The van der Waals surface area contributed by atoms with Crippen LogP contribution in [-0.2, 0) is 23.7 Å². The van der Waals surface area contributed by atoms with Crippen LogP contribution in [0.5, 0.6) is 0 Å². The van der Waals surface area contributed by atoms with Gasteiger partial charge in [-0.05, 0) is 0 Å². The zero-order valence-corrected chi connectivity index (χ0v) is 15.6. The number of rotatable bonds is 6. The van der Waals surface area contributed by atoms with Crippen LogP contribution in [0.15, 0.2) is 0 Å². The molecular formula is C16H29NO11. The van der Waals surface area contributed by atoms with Gasteiger partial charge in [-0.2, -0.15) is 0 Å². The molecule has 6 unspecified atom stereocenters. The Morgan fingerprint density at radius 3 is 2.14 bits per heavy atom. The largest absolute Gasteiger partial charge is 0.394 e. The van der Waals surface area contributed by atoms with Gasteiger partial charge >= 0.3 is 0 Å². The minimum atomic E-state index is -1.46. The van der Waals surface area contributed by atoms with E-state index in [9.17, 15) is 35.4 Å². The first-order chi connectivity index (χ1) is 13.2. The fourth-order valence-electron chi connectivity index (χ4n) is 3.34. The minimum absolute atomic E-state index is 0.314. The van der Waals surface area contributed by atoms with Crippen LogP contribution >= 0.6 is 0 Å². The van der Waals surface area contributed by atoms with Crippen molar-refractivity contribution in [3.8, 4) is 0 Å². The van der Waals surface area contributed by atoms with Gasteiger partial charge in [0.25, 0.3) is 0 Å². The van der Waals surface area contributed by atoms with Gasteiger partial charge in [0.1, 0.15) is 42.7 Å². The van der Waals surface area contributed by atoms with E-state index >= 15 is 0 Å². The Hall–Kier alpha value is -0.930. The number of carbonyl (C=O) groups is 1. The predicted molar refractivity (Wildman–Crippen MR) is 89.6 cm³/mol.